The molecule has 0 aliphatic rings. The van der Waals surface area contributed by atoms with Gasteiger partial charge in [0.25, 0.3) is 11.7 Å². The summed E-state index contributed by atoms with van der Waals surface area (Å²) in [6, 6.07) is 6.83. The molecule has 3 rings (SSSR count). The maximum atomic E-state index is 12.3. The molecule has 0 radical (unpaired) electrons. The van der Waals surface area contributed by atoms with Crippen LogP contribution in [0.4, 0.5) is 5.69 Å². The molecule has 1 aromatic carbocycles. The molecule has 0 spiro atoms. The van der Waals surface area contributed by atoms with E-state index in [9.17, 15) is 9.59 Å². The summed E-state index contributed by atoms with van der Waals surface area (Å²) in [6.07, 6.45) is 2.31. The average Bonchev–Trinajstić information content (AvgIpc) is 3.09. The van der Waals surface area contributed by atoms with Crippen LogP contribution in [0.5, 0.6) is 0 Å². The van der Waals surface area contributed by atoms with E-state index in [0.29, 0.717) is 29.9 Å². The molecule has 0 saturated carbocycles. The Morgan fingerprint density at radius 3 is 2.81 bits per heavy atom. The van der Waals surface area contributed by atoms with Crippen molar-refractivity contribution in [3.8, 4) is 0 Å². The molecule has 0 aliphatic heterocycles. The third-order valence-electron chi connectivity index (χ3n) is 4.23. The van der Waals surface area contributed by atoms with Gasteiger partial charge in [0, 0.05) is 36.1 Å². The van der Waals surface area contributed by atoms with E-state index in [1.54, 1.807) is 35.8 Å². The van der Waals surface area contributed by atoms with Crippen LogP contribution in [0.15, 0.2) is 30.6 Å². The van der Waals surface area contributed by atoms with Crippen LogP contribution in [0.2, 0.25) is 0 Å². The van der Waals surface area contributed by atoms with Crippen molar-refractivity contribution in [2.24, 2.45) is 0 Å². The quantitative estimate of drug-likeness (QED) is 0.727. The number of amides is 2. The largest absolute Gasteiger partial charge is 0.355 e. The van der Waals surface area contributed by atoms with E-state index >= 15 is 0 Å². The van der Waals surface area contributed by atoms with Gasteiger partial charge >= 0.3 is 0 Å². The van der Waals surface area contributed by atoms with Gasteiger partial charge in [0.2, 0.25) is 5.91 Å². The van der Waals surface area contributed by atoms with Gasteiger partial charge in [-0.3, -0.25) is 9.59 Å². The molecule has 134 valence electrons. The van der Waals surface area contributed by atoms with Crippen LogP contribution in [0.3, 0.4) is 0 Å². The fourth-order valence-corrected chi connectivity index (χ4v) is 2.86. The Labute approximate surface area is 150 Å². The minimum absolute atomic E-state index is 0.128. The molecule has 2 aromatic heterocycles. The molecule has 26 heavy (non-hydrogen) atoms. The lowest BCUT2D eigenvalue weighted by Crippen LogP contribution is -2.18. The van der Waals surface area contributed by atoms with E-state index in [4.69, 9.17) is 0 Å². The van der Waals surface area contributed by atoms with Gasteiger partial charge in [-0.1, -0.05) is 6.07 Å². The number of nitrogens with one attached hydrogen (secondary N) is 2. The molecule has 0 saturated heterocycles. The number of hydrogen-bond acceptors (Lipinski definition) is 5. The number of aromatic nitrogens is 4. The Balaban J connectivity index is 1.69. The summed E-state index contributed by atoms with van der Waals surface area (Å²) in [4.78, 5) is 32.5. The molecule has 0 atom stereocenters. The van der Waals surface area contributed by atoms with Gasteiger partial charge in [-0.05, 0) is 44.0 Å². The van der Waals surface area contributed by atoms with Crippen LogP contribution < -0.4 is 10.6 Å². The lowest BCUT2D eigenvalue weighted by Gasteiger charge is -2.11. The fraction of sp³-hybridized carbons (Fsp3) is 0.278. The molecule has 2 amide bonds. The normalized spacial score (nSPS) is 10.7. The first-order valence-corrected chi connectivity index (χ1v) is 8.27. The Kier molecular flexibility index (Phi) is 4.92. The van der Waals surface area contributed by atoms with E-state index in [2.05, 4.69) is 25.7 Å². The monoisotopic (exact) mass is 352 g/mol. The maximum Gasteiger partial charge on any atom is 0.252 e. The van der Waals surface area contributed by atoms with Crippen molar-refractivity contribution in [1.29, 1.82) is 0 Å². The average molecular weight is 352 g/mol. The predicted molar refractivity (Wildman–Crippen MR) is 97.0 cm³/mol. The van der Waals surface area contributed by atoms with E-state index in [-0.39, 0.29) is 11.8 Å². The number of nitrogens with zero attached hydrogens (tertiary/aromatic N) is 4. The SMILES string of the molecule is CNC(=O)c1cccc(NC(=O)CCc2c(C)nc3ncnn3c2C)c1. The summed E-state index contributed by atoms with van der Waals surface area (Å²) < 4.78 is 1.67. The van der Waals surface area contributed by atoms with Crippen molar-refractivity contribution < 1.29 is 9.59 Å². The molecule has 0 unspecified atom stereocenters. The summed E-state index contributed by atoms with van der Waals surface area (Å²) in [7, 11) is 1.57. The second kappa shape index (κ2) is 7.30. The highest BCUT2D eigenvalue weighted by atomic mass is 16.2. The van der Waals surface area contributed by atoms with Gasteiger partial charge in [-0.25, -0.2) is 9.50 Å². The Hall–Kier alpha value is -3.29. The highest BCUT2D eigenvalue weighted by Crippen LogP contribution is 2.16. The Morgan fingerprint density at radius 2 is 2.04 bits per heavy atom. The minimum atomic E-state index is -0.195. The number of aryl methyl sites for hydroxylation is 2. The molecule has 0 bridgehead atoms. The smallest absolute Gasteiger partial charge is 0.252 e. The highest BCUT2D eigenvalue weighted by molar-refractivity contribution is 5.97. The number of rotatable bonds is 5. The van der Waals surface area contributed by atoms with E-state index in [1.165, 1.54) is 6.33 Å². The topological polar surface area (TPSA) is 101 Å². The lowest BCUT2D eigenvalue weighted by molar-refractivity contribution is -0.116. The van der Waals surface area contributed by atoms with Crippen LogP contribution in [-0.2, 0) is 11.2 Å². The van der Waals surface area contributed by atoms with Gasteiger partial charge in [0.1, 0.15) is 6.33 Å². The number of hydrogen-bond donors (Lipinski definition) is 2. The van der Waals surface area contributed by atoms with Gasteiger partial charge in [0.05, 0.1) is 0 Å². The Morgan fingerprint density at radius 1 is 1.23 bits per heavy atom. The van der Waals surface area contributed by atoms with Crippen molar-refractivity contribution in [3.05, 3.63) is 53.1 Å². The number of benzene rings is 1. The zero-order chi connectivity index (χ0) is 18.7. The third-order valence-corrected chi connectivity index (χ3v) is 4.23. The molecule has 8 nitrogen and oxygen atoms in total. The molecular formula is C18H20N6O2. The van der Waals surface area contributed by atoms with Gasteiger partial charge < -0.3 is 10.6 Å². The summed E-state index contributed by atoms with van der Waals surface area (Å²) in [5.74, 6) is 0.232. The van der Waals surface area contributed by atoms with E-state index in [0.717, 1.165) is 17.0 Å². The summed E-state index contributed by atoms with van der Waals surface area (Å²) in [5, 5.41) is 9.54. The zero-order valence-corrected chi connectivity index (χ0v) is 14.9. The molecule has 2 heterocycles. The Bertz CT molecular complexity index is 979. The summed E-state index contributed by atoms with van der Waals surface area (Å²) in [6.45, 7) is 3.85. The second-order valence-corrected chi connectivity index (χ2v) is 5.94. The fourth-order valence-electron chi connectivity index (χ4n) is 2.86. The number of carbonyl (C=O) groups is 2. The van der Waals surface area contributed by atoms with Crippen LogP contribution in [-0.4, -0.2) is 38.4 Å². The number of carbonyl (C=O) groups excluding carboxylic acids is 2. The van der Waals surface area contributed by atoms with Crippen LogP contribution >= 0.6 is 0 Å². The van der Waals surface area contributed by atoms with Gasteiger partial charge in [-0.15, -0.1) is 0 Å². The molecule has 2 N–H and O–H groups in total. The first kappa shape index (κ1) is 17.5. The molecule has 3 aromatic rings. The van der Waals surface area contributed by atoms with Gasteiger partial charge in [-0.2, -0.15) is 10.1 Å². The van der Waals surface area contributed by atoms with Crippen molar-refractivity contribution in [2.75, 3.05) is 12.4 Å². The standard InChI is InChI=1S/C18H20N6O2/c1-11-15(12(2)24-18(22-11)20-10-21-24)7-8-16(25)23-14-6-4-5-13(9-14)17(26)19-3/h4-6,9-10H,7-8H2,1-3H3,(H,19,26)(H,23,25). The third kappa shape index (κ3) is 3.53. The maximum absolute atomic E-state index is 12.3. The first-order chi connectivity index (χ1) is 12.5. The van der Waals surface area contributed by atoms with E-state index < -0.39 is 0 Å². The minimum Gasteiger partial charge on any atom is -0.355 e. The lowest BCUT2D eigenvalue weighted by atomic mass is 10.1. The molecular weight excluding hydrogens is 332 g/mol. The first-order valence-electron chi connectivity index (χ1n) is 8.27. The van der Waals surface area contributed by atoms with Crippen molar-refractivity contribution in [1.82, 2.24) is 24.9 Å². The molecule has 8 heteroatoms. The molecule has 0 aliphatic carbocycles. The van der Waals surface area contributed by atoms with Crippen molar-refractivity contribution in [2.45, 2.75) is 26.7 Å². The zero-order valence-electron chi connectivity index (χ0n) is 14.9. The summed E-state index contributed by atoms with van der Waals surface area (Å²) in [5.41, 5.74) is 3.85. The summed E-state index contributed by atoms with van der Waals surface area (Å²) >= 11 is 0. The van der Waals surface area contributed by atoms with Crippen molar-refractivity contribution in [3.63, 3.8) is 0 Å². The second-order valence-electron chi connectivity index (χ2n) is 5.94. The van der Waals surface area contributed by atoms with Gasteiger partial charge in [0.15, 0.2) is 0 Å². The van der Waals surface area contributed by atoms with Crippen molar-refractivity contribution >= 4 is 23.3 Å². The van der Waals surface area contributed by atoms with Crippen LogP contribution in [0, 0.1) is 13.8 Å². The van der Waals surface area contributed by atoms with E-state index in [1.807, 2.05) is 13.8 Å². The van der Waals surface area contributed by atoms with Crippen LogP contribution in [0.25, 0.3) is 5.78 Å². The number of fused-ring (bicyclic) bond motifs is 1. The van der Waals surface area contributed by atoms with Crippen LogP contribution in [0.1, 0.15) is 33.7 Å². The highest BCUT2D eigenvalue weighted by Gasteiger charge is 2.13. The molecule has 0 fully saturated rings. The number of anilines is 1. The predicted octanol–water partition coefficient (Wildman–Crippen LogP) is 1.67.